The second kappa shape index (κ2) is 5.21. The van der Waals surface area contributed by atoms with Crippen LogP contribution < -0.4 is 10.6 Å². The number of nitrogens with one attached hydrogen (secondary N) is 2. The Kier molecular flexibility index (Phi) is 3.93. The summed E-state index contributed by atoms with van der Waals surface area (Å²) in [6.45, 7) is -0.449. The Labute approximate surface area is 117 Å². The van der Waals surface area contributed by atoms with E-state index in [0.717, 1.165) is 6.07 Å². The molecule has 1 amide bonds. The van der Waals surface area contributed by atoms with Crippen molar-refractivity contribution in [3.05, 3.63) is 29.0 Å². The van der Waals surface area contributed by atoms with Crippen molar-refractivity contribution in [1.29, 1.82) is 0 Å². The van der Waals surface area contributed by atoms with E-state index in [1.54, 1.807) is 0 Å². The highest BCUT2D eigenvalue weighted by Crippen LogP contribution is 2.44. The normalized spacial score (nSPS) is 22.9. The van der Waals surface area contributed by atoms with E-state index in [0.29, 0.717) is 0 Å². The molecule has 0 radical (unpaired) electrons. The van der Waals surface area contributed by atoms with E-state index in [4.69, 9.17) is 11.6 Å². The third kappa shape index (κ3) is 2.47. The zero-order valence-electron chi connectivity index (χ0n) is 10.2. The molecule has 2 rings (SSSR count). The van der Waals surface area contributed by atoms with Gasteiger partial charge in [0.1, 0.15) is 0 Å². The molecule has 1 atom stereocenters. The van der Waals surface area contributed by atoms with Gasteiger partial charge >= 0.3 is 6.18 Å². The molecule has 1 unspecified atom stereocenters. The van der Waals surface area contributed by atoms with E-state index >= 15 is 0 Å². The Balaban J connectivity index is 2.29. The molecule has 110 valence electrons. The molecule has 2 N–H and O–H groups in total. The summed E-state index contributed by atoms with van der Waals surface area (Å²) >= 11 is 5.52. The van der Waals surface area contributed by atoms with Gasteiger partial charge in [0.25, 0.3) is 0 Å². The topological polar surface area (TPSA) is 41.1 Å². The first-order valence-electron chi connectivity index (χ1n) is 5.81. The van der Waals surface area contributed by atoms with E-state index < -0.39 is 29.9 Å². The van der Waals surface area contributed by atoms with Crippen LogP contribution in [0.15, 0.2) is 18.2 Å². The zero-order valence-corrected chi connectivity index (χ0v) is 10.9. The molecule has 1 aromatic rings. The molecule has 1 fully saturated rings. The molecule has 1 aromatic carbocycles. The van der Waals surface area contributed by atoms with Gasteiger partial charge in [0, 0.05) is 6.54 Å². The number of halogens is 5. The van der Waals surface area contributed by atoms with Crippen molar-refractivity contribution >= 4 is 23.2 Å². The molecule has 1 aliphatic rings. The van der Waals surface area contributed by atoms with Crippen molar-refractivity contribution in [3.63, 3.8) is 0 Å². The van der Waals surface area contributed by atoms with Crippen LogP contribution in [0.1, 0.15) is 6.42 Å². The summed E-state index contributed by atoms with van der Waals surface area (Å²) < 4.78 is 53.0. The number of carbonyl (C=O) groups excluding carboxylic acids is 1. The molecule has 20 heavy (non-hydrogen) atoms. The van der Waals surface area contributed by atoms with Gasteiger partial charge in [-0.1, -0.05) is 17.7 Å². The third-order valence-electron chi connectivity index (χ3n) is 3.33. The first kappa shape index (κ1) is 15.1. The Morgan fingerprint density at radius 3 is 2.65 bits per heavy atom. The van der Waals surface area contributed by atoms with Crippen LogP contribution in [0.5, 0.6) is 0 Å². The first-order valence-corrected chi connectivity index (χ1v) is 6.19. The number of rotatable bonds is 2. The second-order valence-corrected chi connectivity index (χ2v) is 4.97. The molecule has 0 saturated carbocycles. The largest absolute Gasteiger partial charge is 0.404 e. The quantitative estimate of drug-likeness (QED) is 0.825. The van der Waals surface area contributed by atoms with Crippen LogP contribution in [0, 0.1) is 11.2 Å². The minimum atomic E-state index is -4.71. The average molecular weight is 311 g/mol. The van der Waals surface area contributed by atoms with E-state index in [1.807, 2.05) is 5.32 Å². The van der Waals surface area contributed by atoms with Crippen LogP contribution >= 0.6 is 11.6 Å². The van der Waals surface area contributed by atoms with Crippen LogP contribution in [-0.2, 0) is 4.79 Å². The fraction of sp³-hybridized carbons (Fsp3) is 0.417. The van der Waals surface area contributed by atoms with Crippen LogP contribution in [0.4, 0.5) is 23.2 Å². The van der Waals surface area contributed by atoms with Crippen molar-refractivity contribution in [2.75, 3.05) is 18.4 Å². The van der Waals surface area contributed by atoms with Crippen molar-refractivity contribution in [2.24, 2.45) is 5.41 Å². The maximum absolute atomic E-state index is 13.6. The lowest BCUT2D eigenvalue weighted by Gasteiger charge is -2.29. The number of hydrogen-bond donors (Lipinski definition) is 2. The average Bonchev–Trinajstić information content (AvgIpc) is 2.85. The summed E-state index contributed by atoms with van der Waals surface area (Å²) in [6, 6.07) is 3.74. The number of benzene rings is 1. The van der Waals surface area contributed by atoms with Gasteiger partial charge in [0.15, 0.2) is 11.2 Å². The number of anilines is 1. The Morgan fingerprint density at radius 1 is 1.40 bits per heavy atom. The van der Waals surface area contributed by atoms with Crippen LogP contribution in [0.25, 0.3) is 0 Å². The lowest BCUT2D eigenvalue weighted by molar-refractivity contribution is -0.213. The number of alkyl halides is 3. The Bertz CT molecular complexity index is 527. The fourth-order valence-electron chi connectivity index (χ4n) is 2.10. The SMILES string of the molecule is O=C(Nc1cccc(Cl)c1F)C1(C(F)(F)F)CCNC1. The highest BCUT2D eigenvalue weighted by atomic mass is 35.5. The second-order valence-electron chi connectivity index (χ2n) is 4.56. The Hall–Kier alpha value is -1.34. The maximum atomic E-state index is 13.6. The van der Waals surface area contributed by atoms with Gasteiger partial charge in [-0.15, -0.1) is 0 Å². The van der Waals surface area contributed by atoms with Gasteiger partial charge in [-0.25, -0.2) is 4.39 Å². The molecular weight excluding hydrogens is 300 g/mol. The van der Waals surface area contributed by atoms with Crippen molar-refractivity contribution in [3.8, 4) is 0 Å². The first-order chi connectivity index (χ1) is 9.28. The monoisotopic (exact) mass is 310 g/mol. The lowest BCUT2D eigenvalue weighted by atomic mass is 9.85. The van der Waals surface area contributed by atoms with Crippen molar-refractivity contribution in [1.82, 2.24) is 5.32 Å². The molecule has 1 heterocycles. The molecule has 1 aliphatic heterocycles. The predicted octanol–water partition coefficient (Wildman–Crippen LogP) is 2.96. The summed E-state index contributed by atoms with van der Waals surface area (Å²) in [5, 5.41) is 4.22. The summed E-state index contributed by atoms with van der Waals surface area (Å²) in [4.78, 5) is 12.0. The number of hydrogen-bond acceptors (Lipinski definition) is 2. The Morgan fingerprint density at radius 2 is 2.10 bits per heavy atom. The standard InChI is InChI=1S/C12H11ClF4N2O/c13-7-2-1-3-8(9(7)14)19-10(20)11(12(15,16)17)4-5-18-6-11/h1-3,18H,4-6H2,(H,19,20). The predicted molar refractivity (Wildman–Crippen MR) is 66.0 cm³/mol. The maximum Gasteiger partial charge on any atom is 0.404 e. The summed E-state index contributed by atoms with van der Waals surface area (Å²) in [5.74, 6) is -2.23. The van der Waals surface area contributed by atoms with Gasteiger partial charge in [0.2, 0.25) is 5.91 Å². The lowest BCUT2D eigenvalue weighted by Crippen LogP contribution is -2.49. The van der Waals surface area contributed by atoms with Gasteiger partial charge in [0.05, 0.1) is 10.7 Å². The third-order valence-corrected chi connectivity index (χ3v) is 3.62. The highest BCUT2D eigenvalue weighted by molar-refractivity contribution is 6.31. The fourth-order valence-corrected chi connectivity index (χ4v) is 2.27. The van der Waals surface area contributed by atoms with Crippen LogP contribution in [0.2, 0.25) is 5.02 Å². The van der Waals surface area contributed by atoms with Crippen LogP contribution in [0.3, 0.4) is 0 Å². The summed E-state index contributed by atoms with van der Waals surface area (Å²) in [5.41, 5.74) is -2.90. The smallest absolute Gasteiger partial charge is 0.323 e. The molecule has 0 bridgehead atoms. The minimum Gasteiger partial charge on any atom is -0.323 e. The van der Waals surface area contributed by atoms with Gasteiger partial charge in [-0.3, -0.25) is 4.79 Å². The molecule has 3 nitrogen and oxygen atoms in total. The molecule has 0 spiro atoms. The summed E-state index contributed by atoms with van der Waals surface area (Å²) in [6.07, 6.45) is -5.10. The van der Waals surface area contributed by atoms with Crippen molar-refractivity contribution in [2.45, 2.75) is 12.6 Å². The molecule has 0 aromatic heterocycles. The molecule has 0 aliphatic carbocycles. The van der Waals surface area contributed by atoms with Gasteiger partial charge in [-0.2, -0.15) is 13.2 Å². The van der Waals surface area contributed by atoms with Gasteiger partial charge in [-0.05, 0) is 25.1 Å². The summed E-state index contributed by atoms with van der Waals surface area (Å²) in [7, 11) is 0. The molecule has 8 heteroatoms. The van der Waals surface area contributed by atoms with Crippen molar-refractivity contribution < 1.29 is 22.4 Å². The highest BCUT2D eigenvalue weighted by Gasteiger charge is 2.61. The van der Waals surface area contributed by atoms with Crippen LogP contribution in [-0.4, -0.2) is 25.2 Å². The molecule has 1 saturated heterocycles. The van der Waals surface area contributed by atoms with E-state index in [-0.39, 0.29) is 23.7 Å². The van der Waals surface area contributed by atoms with E-state index in [9.17, 15) is 22.4 Å². The van der Waals surface area contributed by atoms with Gasteiger partial charge < -0.3 is 10.6 Å². The number of amides is 1. The minimum absolute atomic E-state index is 0.0744. The van der Waals surface area contributed by atoms with E-state index in [2.05, 4.69) is 5.32 Å². The van der Waals surface area contributed by atoms with E-state index in [1.165, 1.54) is 12.1 Å². The number of carbonyl (C=O) groups is 1. The molecular formula is C12H11ClF4N2O. The zero-order chi connectivity index (χ0) is 15.0.